The van der Waals surface area contributed by atoms with Gasteiger partial charge in [-0.2, -0.15) is 4.68 Å². The van der Waals surface area contributed by atoms with Crippen LogP contribution >= 0.6 is 11.8 Å². The van der Waals surface area contributed by atoms with Gasteiger partial charge in [0.1, 0.15) is 16.4 Å². The summed E-state index contributed by atoms with van der Waals surface area (Å²) in [6.07, 6.45) is 2.01. The predicted molar refractivity (Wildman–Crippen MR) is 104 cm³/mol. The largest absolute Gasteiger partial charge is 0.294 e. The first-order chi connectivity index (χ1) is 13.4. The first kappa shape index (κ1) is 15.8. The molecule has 7 heteroatoms. The Balaban J connectivity index is 1.66. The van der Waals surface area contributed by atoms with Crippen molar-refractivity contribution >= 4 is 17.4 Å². The fraction of sp³-hybridized carbons (Fsp3) is 0. The van der Waals surface area contributed by atoms with Crippen LogP contribution in [0.1, 0.15) is 0 Å². The van der Waals surface area contributed by atoms with Crippen molar-refractivity contribution in [3.63, 3.8) is 0 Å². The maximum Gasteiger partial charge on any atom is 0.220 e. The van der Waals surface area contributed by atoms with Crippen molar-refractivity contribution in [3.8, 4) is 16.9 Å². The van der Waals surface area contributed by atoms with Gasteiger partial charge < -0.3 is 0 Å². The molecular weight excluding hydrogens is 356 g/mol. The van der Waals surface area contributed by atoms with Crippen LogP contribution < -0.4 is 0 Å². The number of benzene rings is 2. The van der Waals surface area contributed by atoms with E-state index in [-0.39, 0.29) is 0 Å². The second-order valence-electron chi connectivity index (χ2n) is 5.87. The SMILES string of the molecule is c1ccc(-c2nc3ccccn3c2Sc2nnnn2-c2ccccc2)cc1. The molecule has 3 heterocycles. The van der Waals surface area contributed by atoms with Gasteiger partial charge in [0.2, 0.25) is 5.16 Å². The van der Waals surface area contributed by atoms with Gasteiger partial charge in [-0.05, 0) is 46.5 Å². The van der Waals surface area contributed by atoms with Crippen LogP contribution in [0.3, 0.4) is 0 Å². The summed E-state index contributed by atoms with van der Waals surface area (Å²) in [5.74, 6) is 0. The van der Waals surface area contributed by atoms with E-state index in [1.807, 2.05) is 72.9 Å². The van der Waals surface area contributed by atoms with E-state index >= 15 is 0 Å². The number of nitrogens with zero attached hydrogens (tertiary/aromatic N) is 6. The van der Waals surface area contributed by atoms with Crippen molar-refractivity contribution < 1.29 is 0 Å². The maximum absolute atomic E-state index is 4.83. The average Bonchev–Trinajstić information content (AvgIpc) is 3.35. The average molecular weight is 370 g/mol. The molecule has 2 aromatic carbocycles. The van der Waals surface area contributed by atoms with E-state index in [2.05, 4.69) is 32.1 Å². The smallest absolute Gasteiger partial charge is 0.220 e. The van der Waals surface area contributed by atoms with Crippen LogP contribution in [0, 0.1) is 0 Å². The summed E-state index contributed by atoms with van der Waals surface area (Å²) >= 11 is 1.50. The Kier molecular flexibility index (Phi) is 3.91. The Morgan fingerprint density at radius 2 is 1.52 bits per heavy atom. The molecule has 0 aliphatic heterocycles. The van der Waals surface area contributed by atoms with E-state index in [1.54, 1.807) is 4.68 Å². The monoisotopic (exact) mass is 370 g/mol. The number of imidazole rings is 1. The van der Waals surface area contributed by atoms with Crippen molar-refractivity contribution in [2.45, 2.75) is 10.2 Å². The number of aromatic nitrogens is 6. The van der Waals surface area contributed by atoms with E-state index in [4.69, 9.17) is 4.98 Å². The number of hydrogen-bond donors (Lipinski definition) is 0. The molecule has 6 nitrogen and oxygen atoms in total. The molecule has 0 aliphatic rings. The van der Waals surface area contributed by atoms with Crippen LogP contribution in [0.4, 0.5) is 0 Å². The minimum Gasteiger partial charge on any atom is -0.294 e. The van der Waals surface area contributed by atoms with Crippen molar-refractivity contribution in [1.82, 2.24) is 29.6 Å². The van der Waals surface area contributed by atoms with Gasteiger partial charge in [-0.15, -0.1) is 5.10 Å². The number of fused-ring (bicyclic) bond motifs is 1. The zero-order valence-electron chi connectivity index (χ0n) is 14.2. The highest BCUT2D eigenvalue weighted by atomic mass is 32.2. The second kappa shape index (κ2) is 6.69. The van der Waals surface area contributed by atoms with E-state index in [0.29, 0.717) is 5.16 Å². The van der Waals surface area contributed by atoms with E-state index in [9.17, 15) is 0 Å². The number of pyridine rings is 1. The molecule has 0 unspecified atom stereocenters. The number of tetrazole rings is 1. The Morgan fingerprint density at radius 3 is 2.33 bits per heavy atom. The molecule has 0 fully saturated rings. The van der Waals surface area contributed by atoms with Gasteiger partial charge in [0.05, 0.1) is 5.69 Å². The molecule has 130 valence electrons. The Hall–Kier alpha value is -3.45. The third-order valence-corrected chi connectivity index (χ3v) is 5.18. The van der Waals surface area contributed by atoms with Crippen molar-refractivity contribution in [1.29, 1.82) is 0 Å². The van der Waals surface area contributed by atoms with Crippen LogP contribution in [0.15, 0.2) is 95.2 Å². The van der Waals surface area contributed by atoms with Crippen LogP contribution in [0.5, 0.6) is 0 Å². The van der Waals surface area contributed by atoms with Gasteiger partial charge in [-0.25, -0.2) is 4.98 Å². The fourth-order valence-electron chi connectivity index (χ4n) is 2.92. The lowest BCUT2D eigenvalue weighted by atomic mass is 10.2. The number of para-hydroxylation sites is 1. The summed E-state index contributed by atoms with van der Waals surface area (Å²) in [6.45, 7) is 0. The zero-order valence-corrected chi connectivity index (χ0v) is 15.0. The summed E-state index contributed by atoms with van der Waals surface area (Å²) in [5, 5.41) is 13.9. The van der Waals surface area contributed by atoms with E-state index in [0.717, 1.165) is 27.6 Å². The predicted octanol–water partition coefficient (Wildman–Crippen LogP) is 4.13. The lowest BCUT2D eigenvalue weighted by molar-refractivity contribution is 0.755. The third-order valence-electron chi connectivity index (χ3n) is 4.16. The zero-order chi connectivity index (χ0) is 18.1. The number of hydrogen-bond acceptors (Lipinski definition) is 5. The molecule has 0 bridgehead atoms. The molecule has 0 spiro atoms. The standard InChI is InChI=1S/C20H14N6S/c1-3-9-15(10-4-1)18-19(25-14-8-7-13-17(25)21-18)27-20-22-23-24-26(20)16-11-5-2-6-12-16/h1-14H. The fourth-order valence-corrected chi connectivity index (χ4v) is 3.91. The second-order valence-corrected chi connectivity index (χ2v) is 6.83. The Labute approximate surface area is 159 Å². The van der Waals surface area contributed by atoms with Gasteiger partial charge in [-0.1, -0.05) is 54.6 Å². The molecule has 0 aliphatic carbocycles. The summed E-state index contributed by atoms with van der Waals surface area (Å²) in [4.78, 5) is 4.83. The quantitative estimate of drug-likeness (QED) is 0.476. The van der Waals surface area contributed by atoms with Crippen LogP contribution in [-0.4, -0.2) is 29.6 Å². The van der Waals surface area contributed by atoms with Crippen molar-refractivity contribution in [2.24, 2.45) is 0 Å². The Bertz CT molecular complexity index is 1200. The topological polar surface area (TPSA) is 60.9 Å². The highest BCUT2D eigenvalue weighted by Gasteiger charge is 2.19. The van der Waals surface area contributed by atoms with Gasteiger partial charge in [0.25, 0.3) is 0 Å². The molecule has 0 N–H and O–H groups in total. The first-order valence-electron chi connectivity index (χ1n) is 8.44. The lowest BCUT2D eigenvalue weighted by Crippen LogP contribution is -1.99. The molecule has 0 saturated carbocycles. The van der Waals surface area contributed by atoms with Crippen LogP contribution in [0.2, 0.25) is 0 Å². The van der Waals surface area contributed by atoms with Crippen LogP contribution in [0.25, 0.3) is 22.6 Å². The summed E-state index contributed by atoms with van der Waals surface area (Å²) in [7, 11) is 0. The molecule has 0 saturated heterocycles. The minimum atomic E-state index is 0.684. The molecule has 0 radical (unpaired) electrons. The number of rotatable bonds is 4. The minimum absolute atomic E-state index is 0.684. The van der Waals surface area contributed by atoms with Gasteiger partial charge >= 0.3 is 0 Å². The first-order valence-corrected chi connectivity index (χ1v) is 9.26. The lowest BCUT2D eigenvalue weighted by Gasteiger charge is -2.06. The van der Waals surface area contributed by atoms with Gasteiger partial charge in [0, 0.05) is 11.8 Å². The Morgan fingerprint density at radius 1 is 0.778 bits per heavy atom. The highest BCUT2D eigenvalue weighted by Crippen LogP contribution is 2.35. The van der Waals surface area contributed by atoms with Crippen molar-refractivity contribution in [3.05, 3.63) is 85.1 Å². The van der Waals surface area contributed by atoms with Crippen molar-refractivity contribution in [2.75, 3.05) is 0 Å². The molecule has 0 atom stereocenters. The van der Waals surface area contributed by atoms with E-state index in [1.165, 1.54) is 11.8 Å². The molecule has 3 aromatic heterocycles. The van der Waals surface area contributed by atoms with E-state index < -0.39 is 0 Å². The third kappa shape index (κ3) is 2.88. The molecule has 5 aromatic rings. The normalized spacial score (nSPS) is 11.1. The summed E-state index contributed by atoms with van der Waals surface area (Å²) in [6, 6.07) is 26.0. The summed E-state index contributed by atoms with van der Waals surface area (Å²) in [5.41, 5.74) is 3.77. The molecule has 0 amide bonds. The highest BCUT2D eigenvalue weighted by molar-refractivity contribution is 7.99. The maximum atomic E-state index is 4.83. The van der Waals surface area contributed by atoms with Crippen LogP contribution in [-0.2, 0) is 0 Å². The van der Waals surface area contributed by atoms with Gasteiger partial charge in [0.15, 0.2) is 0 Å². The van der Waals surface area contributed by atoms with Gasteiger partial charge in [-0.3, -0.25) is 4.40 Å². The summed E-state index contributed by atoms with van der Waals surface area (Å²) < 4.78 is 3.80. The molecular formula is C20H14N6S. The molecule has 27 heavy (non-hydrogen) atoms. The molecule has 5 rings (SSSR count).